The highest BCUT2D eigenvalue weighted by molar-refractivity contribution is 7.92. The highest BCUT2D eigenvalue weighted by Crippen LogP contribution is 2.39. The number of nitrogens with two attached hydrogens (primary N) is 1. The lowest BCUT2D eigenvalue weighted by Crippen LogP contribution is -2.66. The van der Waals surface area contributed by atoms with Crippen LogP contribution in [0, 0.1) is 6.92 Å². The van der Waals surface area contributed by atoms with Gasteiger partial charge in [0.25, 0.3) is 0 Å². The van der Waals surface area contributed by atoms with Gasteiger partial charge in [0.05, 0.1) is 29.0 Å². The Morgan fingerprint density at radius 2 is 1.94 bits per heavy atom. The molecule has 2 fully saturated rings. The van der Waals surface area contributed by atoms with Crippen LogP contribution in [0.4, 0.5) is 11.8 Å². The highest BCUT2D eigenvalue weighted by atomic mass is 32.2. The van der Waals surface area contributed by atoms with Crippen molar-refractivity contribution in [2.45, 2.75) is 38.2 Å². The van der Waals surface area contributed by atoms with Gasteiger partial charge in [-0.2, -0.15) is 0 Å². The smallest absolute Gasteiger partial charge is 0.219 e. The molecule has 11 nitrogen and oxygen atoms in total. The number of piperazine rings is 1. The van der Waals surface area contributed by atoms with E-state index in [0.29, 0.717) is 37.7 Å². The zero-order valence-corrected chi connectivity index (χ0v) is 22.6. The molecule has 0 aliphatic carbocycles. The van der Waals surface area contributed by atoms with Crippen LogP contribution in [-0.4, -0.2) is 89.8 Å². The Hall–Kier alpha value is -2.45. The third-order valence-corrected chi connectivity index (χ3v) is 10.5. The van der Waals surface area contributed by atoms with Crippen LogP contribution in [0.5, 0.6) is 0 Å². The van der Waals surface area contributed by atoms with Gasteiger partial charge in [0.1, 0.15) is 4.87 Å². The van der Waals surface area contributed by atoms with E-state index in [2.05, 4.69) is 38.9 Å². The molecule has 5 rings (SSSR count). The van der Waals surface area contributed by atoms with Crippen molar-refractivity contribution in [2.75, 3.05) is 56.3 Å². The number of aromatic nitrogens is 4. The lowest BCUT2D eigenvalue weighted by Gasteiger charge is -2.47. The number of rotatable bonds is 5. The van der Waals surface area contributed by atoms with Gasteiger partial charge in [-0.1, -0.05) is 0 Å². The van der Waals surface area contributed by atoms with Crippen molar-refractivity contribution in [1.82, 2.24) is 30.2 Å². The van der Waals surface area contributed by atoms with Crippen LogP contribution in [0.3, 0.4) is 0 Å². The fourth-order valence-corrected chi connectivity index (χ4v) is 7.15. The van der Waals surface area contributed by atoms with Crippen LogP contribution >= 0.6 is 11.3 Å². The number of morpholine rings is 1. The number of thiophene rings is 1. The number of nitrogen functional groups attached to an aromatic ring is 1. The number of aryl methyl sites for hydroxylation is 1. The van der Waals surface area contributed by atoms with Crippen molar-refractivity contribution in [3.63, 3.8) is 0 Å². The summed E-state index contributed by atoms with van der Waals surface area (Å²) in [4.78, 5) is 22.5. The fourth-order valence-electron chi connectivity index (χ4n) is 4.85. The molecule has 0 saturated carbocycles. The van der Waals surface area contributed by atoms with E-state index < -0.39 is 14.7 Å². The van der Waals surface area contributed by atoms with Gasteiger partial charge in [0, 0.05) is 62.3 Å². The molecule has 2 aliphatic heterocycles. The first kappa shape index (κ1) is 25.2. The zero-order valence-electron chi connectivity index (χ0n) is 21.0. The minimum absolute atomic E-state index is 0.0513. The molecule has 194 valence electrons. The van der Waals surface area contributed by atoms with E-state index >= 15 is 0 Å². The molecule has 36 heavy (non-hydrogen) atoms. The monoisotopic (exact) mass is 532 g/mol. The van der Waals surface area contributed by atoms with Crippen molar-refractivity contribution in [1.29, 1.82) is 0 Å². The van der Waals surface area contributed by atoms with Gasteiger partial charge in [-0.3, -0.25) is 4.90 Å². The quantitative estimate of drug-likeness (QED) is 0.493. The van der Waals surface area contributed by atoms with Crippen molar-refractivity contribution in [3.8, 4) is 11.4 Å². The van der Waals surface area contributed by atoms with E-state index in [1.54, 1.807) is 23.7 Å². The van der Waals surface area contributed by atoms with Crippen LogP contribution in [0.25, 0.3) is 21.6 Å². The topological polar surface area (TPSA) is 139 Å². The maximum Gasteiger partial charge on any atom is 0.219 e. The van der Waals surface area contributed by atoms with E-state index in [1.807, 2.05) is 6.92 Å². The second-order valence-electron chi connectivity index (χ2n) is 9.68. The zero-order chi connectivity index (χ0) is 25.7. The van der Waals surface area contributed by atoms with Gasteiger partial charge in [-0.15, -0.1) is 11.3 Å². The lowest BCUT2D eigenvalue weighted by atomic mass is 10.1. The second kappa shape index (κ2) is 9.45. The van der Waals surface area contributed by atoms with Gasteiger partial charge in [-0.05, 0) is 26.3 Å². The molecule has 2 saturated heterocycles. The first-order valence-electron chi connectivity index (χ1n) is 12.0. The molecule has 0 spiro atoms. The molecule has 3 N–H and O–H groups in total. The molecule has 5 heterocycles. The molecular weight excluding hydrogens is 500 g/mol. The Labute approximate surface area is 215 Å². The number of nitrogens with zero attached hydrogens (tertiary/aromatic N) is 6. The summed E-state index contributed by atoms with van der Waals surface area (Å²) >= 11 is 1.64. The predicted octanol–water partition coefficient (Wildman–Crippen LogP) is 1.43. The number of hydrogen-bond donors (Lipinski definition) is 2. The largest absolute Gasteiger partial charge is 0.378 e. The number of hydrogen-bond acceptors (Lipinski definition) is 12. The summed E-state index contributed by atoms with van der Waals surface area (Å²) in [6.45, 7) is 10.3. The van der Waals surface area contributed by atoms with Crippen LogP contribution in [0.2, 0.25) is 0 Å². The van der Waals surface area contributed by atoms with Crippen molar-refractivity contribution in [3.05, 3.63) is 22.8 Å². The maximum absolute atomic E-state index is 12.9. The van der Waals surface area contributed by atoms with E-state index in [-0.39, 0.29) is 12.0 Å². The summed E-state index contributed by atoms with van der Waals surface area (Å²) in [5, 5.41) is 3.29. The number of nitrogens with one attached hydrogen (secondary N) is 1. The van der Waals surface area contributed by atoms with E-state index in [1.165, 1.54) is 6.26 Å². The Morgan fingerprint density at radius 3 is 2.61 bits per heavy atom. The highest BCUT2D eigenvalue weighted by Gasteiger charge is 2.46. The van der Waals surface area contributed by atoms with Gasteiger partial charge < -0.3 is 20.7 Å². The molecule has 0 aromatic carbocycles. The van der Waals surface area contributed by atoms with Crippen LogP contribution < -0.4 is 16.0 Å². The summed E-state index contributed by atoms with van der Waals surface area (Å²) in [5.74, 6) is 1.59. The van der Waals surface area contributed by atoms with Gasteiger partial charge in [0.15, 0.2) is 21.5 Å². The standard InChI is InChI=1S/C23H32N8O3S2/c1-14-9-25-13-23(3,36(4,32)33)31(14)12-17-15(2)18-19(35-17)21(30-5-7-34-8-6-30)29-20(28-18)16-10-26-22(24)27-11-16/h10-11,14,25H,5-9,12-13H2,1-4H3,(H2,24,26,27)/t14-,23+/m0/s1. The third-order valence-electron chi connectivity index (χ3n) is 7.23. The Morgan fingerprint density at radius 1 is 1.25 bits per heavy atom. The SMILES string of the molecule is Cc1c(CN2[C@@H](C)CNC[C@@]2(C)S(C)(=O)=O)sc2c(N3CCOCC3)nc(-c3cnc(N)nc3)nc12. The minimum Gasteiger partial charge on any atom is -0.378 e. The molecule has 2 aliphatic rings. The molecular formula is C23H32N8O3S2. The van der Waals surface area contributed by atoms with Crippen LogP contribution in [0.15, 0.2) is 12.4 Å². The molecule has 0 radical (unpaired) electrons. The molecule has 2 atom stereocenters. The van der Waals surface area contributed by atoms with Crippen molar-refractivity contribution in [2.24, 2.45) is 0 Å². The minimum atomic E-state index is -3.35. The molecule has 0 unspecified atom stereocenters. The van der Waals surface area contributed by atoms with E-state index in [0.717, 1.165) is 46.1 Å². The fraction of sp³-hybridized carbons (Fsp3) is 0.565. The van der Waals surface area contributed by atoms with Crippen molar-refractivity contribution >= 4 is 43.2 Å². The summed E-state index contributed by atoms with van der Waals surface area (Å²) in [6.07, 6.45) is 4.59. The molecule has 3 aromatic heterocycles. The number of ether oxygens (including phenoxy) is 1. The summed E-state index contributed by atoms with van der Waals surface area (Å²) in [6, 6.07) is 0.0513. The van der Waals surface area contributed by atoms with Gasteiger partial charge >= 0.3 is 0 Å². The maximum atomic E-state index is 12.9. The summed E-state index contributed by atoms with van der Waals surface area (Å²) < 4.78 is 32.3. The Balaban J connectivity index is 1.63. The van der Waals surface area contributed by atoms with Crippen LogP contribution in [-0.2, 0) is 21.1 Å². The lowest BCUT2D eigenvalue weighted by molar-refractivity contribution is 0.0803. The molecule has 13 heteroatoms. The second-order valence-corrected chi connectivity index (χ2v) is 13.2. The molecule has 3 aromatic rings. The number of anilines is 2. The molecule has 0 amide bonds. The van der Waals surface area contributed by atoms with Crippen molar-refractivity contribution < 1.29 is 13.2 Å². The van der Waals surface area contributed by atoms with E-state index in [4.69, 9.17) is 20.4 Å². The van der Waals surface area contributed by atoms with Gasteiger partial charge in [-0.25, -0.2) is 28.4 Å². The first-order valence-corrected chi connectivity index (χ1v) is 14.7. The number of fused-ring (bicyclic) bond motifs is 1. The number of sulfone groups is 1. The summed E-state index contributed by atoms with van der Waals surface area (Å²) in [5.41, 5.74) is 8.27. The average Bonchev–Trinajstić information content (AvgIpc) is 3.16. The molecule has 0 bridgehead atoms. The van der Waals surface area contributed by atoms with Gasteiger partial charge in [0.2, 0.25) is 5.95 Å². The van der Waals surface area contributed by atoms with Crippen LogP contribution in [0.1, 0.15) is 24.3 Å². The Bertz CT molecular complexity index is 1370. The predicted molar refractivity (Wildman–Crippen MR) is 142 cm³/mol. The average molecular weight is 533 g/mol. The normalized spacial score (nSPS) is 23.9. The third kappa shape index (κ3) is 4.43. The summed E-state index contributed by atoms with van der Waals surface area (Å²) in [7, 11) is -3.35. The first-order chi connectivity index (χ1) is 17.1. The van der Waals surface area contributed by atoms with E-state index in [9.17, 15) is 8.42 Å². The Kier molecular flexibility index (Phi) is 6.62.